The zero-order valence-corrected chi connectivity index (χ0v) is 14.2. The molecular formula is C19H23NOS. The van der Waals surface area contributed by atoms with Gasteiger partial charge < -0.3 is 5.32 Å². The van der Waals surface area contributed by atoms with Crippen molar-refractivity contribution in [1.82, 2.24) is 0 Å². The number of carbonyl (C=O) groups is 1. The summed E-state index contributed by atoms with van der Waals surface area (Å²) in [5.41, 5.74) is 2.14. The molecule has 0 aliphatic heterocycles. The third kappa shape index (κ3) is 4.38. The van der Waals surface area contributed by atoms with Gasteiger partial charge in [-0.25, -0.2) is 0 Å². The number of rotatable bonds is 6. The Morgan fingerprint density at radius 1 is 1.05 bits per heavy atom. The van der Waals surface area contributed by atoms with Gasteiger partial charge in [-0.3, -0.25) is 4.79 Å². The van der Waals surface area contributed by atoms with Crippen LogP contribution in [0.3, 0.4) is 0 Å². The first kappa shape index (κ1) is 16.6. The van der Waals surface area contributed by atoms with E-state index in [0.29, 0.717) is 5.92 Å². The summed E-state index contributed by atoms with van der Waals surface area (Å²) in [5, 5.41) is 2.95. The molecule has 0 spiro atoms. The third-order valence-corrected chi connectivity index (χ3v) is 4.90. The predicted molar refractivity (Wildman–Crippen MR) is 95.5 cm³/mol. The molecule has 0 aliphatic carbocycles. The van der Waals surface area contributed by atoms with E-state index in [2.05, 4.69) is 25.2 Å². The molecule has 22 heavy (non-hydrogen) atoms. The Labute approximate surface area is 137 Å². The number of hydrogen-bond acceptors (Lipinski definition) is 2. The maximum Gasteiger partial charge on any atom is 0.237 e. The van der Waals surface area contributed by atoms with Crippen molar-refractivity contribution in [3.8, 4) is 0 Å². The molecule has 2 nitrogen and oxygen atoms in total. The second-order valence-corrected chi connectivity index (χ2v) is 6.87. The van der Waals surface area contributed by atoms with Crippen LogP contribution >= 0.6 is 11.8 Å². The lowest BCUT2D eigenvalue weighted by Crippen LogP contribution is -2.23. The van der Waals surface area contributed by atoms with Crippen LogP contribution in [0.2, 0.25) is 0 Å². The fraction of sp³-hybridized carbons (Fsp3) is 0.316. The first-order valence-corrected chi connectivity index (χ1v) is 8.61. The largest absolute Gasteiger partial charge is 0.325 e. The fourth-order valence-electron chi connectivity index (χ4n) is 2.25. The van der Waals surface area contributed by atoms with Crippen LogP contribution in [-0.2, 0) is 4.79 Å². The number of anilines is 1. The van der Waals surface area contributed by atoms with Gasteiger partial charge in [0.15, 0.2) is 0 Å². The van der Waals surface area contributed by atoms with Crippen molar-refractivity contribution in [3.63, 3.8) is 0 Å². The maximum atomic E-state index is 12.4. The molecule has 2 aromatic rings. The lowest BCUT2D eigenvalue weighted by Gasteiger charge is -2.17. The van der Waals surface area contributed by atoms with E-state index in [4.69, 9.17) is 0 Å². The number of nitrogens with one attached hydrogen (secondary N) is 1. The van der Waals surface area contributed by atoms with Crippen LogP contribution in [0, 0.1) is 0 Å². The third-order valence-electron chi connectivity index (χ3n) is 3.79. The van der Waals surface area contributed by atoms with Gasteiger partial charge >= 0.3 is 0 Å². The summed E-state index contributed by atoms with van der Waals surface area (Å²) in [6.45, 7) is 6.29. The predicted octanol–water partition coefficient (Wildman–Crippen LogP) is 5.32. The highest BCUT2D eigenvalue weighted by Gasteiger charge is 2.17. The second kappa shape index (κ2) is 8.04. The summed E-state index contributed by atoms with van der Waals surface area (Å²) in [7, 11) is 0. The molecule has 116 valence electrons. The zero-order chi connectivity index (χ0) is 15.9. The number of amides is 1. The van der Waals surface area contributed by atoms with E-state index in [9.17, 15) is 4.79 Å². The van der Waals surface area contributed by atoms with E-state index in [-0.39, 0.29) is 11.2 Å². The van der Waals surface area contributed by atoms with Crippen molar-refractivity contribution < 1.29 is 4.79 Å². The molecule has 0 unspecified atom stereocenters. The van der Waals surface area contributed by atoms with Crippen LogP contribution < -0.4 is 5.32 Å². The molecule has 0 aliphatic rings. The Morgan fingerprint density at radius 3 is 2.36 bits per heavy atom. The minimum atomic E-state index is -0.132. The van der Waals surface area contributed by atoms with Crippen molar-refractivity contribution in [2.75, 3.05) is 5.32 Å². The molecule has 0 fully saturated rings. The molecule has 0 heterocycles. The van der Waals surface area contributed by atoms with E-state index >= 15 is 0 Å². The van der Waals surface area contributed by atoms with Gasteiger partial charge in [0.2, 0.25) is 5.91 Å². The molecule has 0 saturated carbocycles. The molecule has 1 N–H and O–H groups in total. The highest BCUT2D eigenvalue weighted by Crippen LogP contribution is 2.28. The van der Waals surface area contributed by atoms with Crippen LogP contribution in [0.25, 0.3) is 0 Å². The van der Waals surface area contributed by atoms with Crippen molar-refractivity contribution in [2.24, 2.45) is 0 Å². The van der Waals surface area contributed by atoms with Crippen LogP contribution in [0.5, 0.6) is 0 Å². The van der Waals surface area contributed by atoms with E-state index in [1.54, 1.807) is 11.8 Å². The minimum absolute atomic E-state index is 0.0459. The lowest BCUT2D eigenvalue weighted by molar-refractivity contribution is -0.115. The highest BCUT2D eigenvalue weighted by atomic mass is 32.2. The van der Waals surface area contributed by atoms with Crippen molar-refractivity contribution in [2.45, 2.75) is 43.3 Å². The number of carbonyl (C=O) groups excluding carboxylic acids is 1. The molecule has 2 atom stereocenters. The summed E-state index contributed by atoms with van der Waals surface area (Å²) in [5.74, 6) is 0.484. The number of hydrogen-bond donors (Lipinski definition) is 1. The summed E-state index contributed by atoms with van der Waals surface area (Å²) in [4.78, 5) is 13.6. The van der Waals surface area contributed by atoms with Crippen LogP contribution in [0.1, 0.15) is 38.7 Å². The Balaban J connectivity index is 2.05. The standard InChI is InChI=1S/C19H23NOS/c1-4-14(2)17-12-8-9-13-18(17)20-19(21)15(3)22-16-10-6-5-7-11-16/h5-15H,4H2,1-3H3,(H,20,21)/t14-,15+/m0/s1. The monoisotopic (exact) mass is 313 g/mol. The van der Waals surface area contributed by atoms with Crippen LogP contribution in [-0.4, -0.2) is 11.2 Å². The first-order valence-electron chi connectivity index (χ1n) is 7.73. The zero-order valence-electron chi connectivity index (χ0n) is 13.4. The van der Waals surface area contributed by atoms with Gasteiger partial charge in [0, 0.05) is 10.6 Å². The normalized spacial score (nSPS) is 13.4. The van der Waals surface area contributed by atoms with Gasteiger partial charge in [0.1, 0.15) is 0 Å². The summed E-state index contributed by atoms with van der Waals surface area (Å²) < 4.78 is 0. The van der Waals surface area contributed by atoms with E-state index in [1.165, 1.54) is 5.56 Å². The second-order valence-electron chi connectivity index (χ2n) is 5.46. The summed E-state index contributed by atoms with van der Waals surface area (Å²) >= 11 is 1.58. The van der Waals surface area contributed by atoms with Gasteiger partial charge in [-0.2, -0.15) is 0 Å². The fourth-order valence-corrected chi connectivity index (χ4v) is 3.14. The minimum Gasteiger partial charge on any atom is -0.325 e. The lowest BCUT2D eigenvalue weighted by atomic mass is 9.97. The Morgan fingerprint density at radius 2 is 1.68 bits per heavy atom. The van der Waals surface area contributed by atoms with Gasteiger partial charge in [0.25, 0.3) is 0 Å². The summed E-state index contributed by atoms with van der Waals surface area (Å²) in [6.07, 6.45) is 1.06. The molecule has 0 bridgehead atoms. The smallest absolute Gasteiger partial charge is 0.237 e. The van der Waals surface area contributed by atoms with Crippen molar-refractivity contribution in [1.29, 1.82) is 0 Å². The Bertz CT molecular complexity index is 612. The van der Waals surface area contributed by atoms with E-state index in [0.717, 1.165) is 17.0 Å². The molecule has 0 radical (unpaired) electrons. The molecule has 1 amide bonds. The molecule has 0 saturated heterocycles. The Hall–Kier alpha value is -1.74. The van der Waals surface area contributed by atoms with Crippen molar-refractivity contribution in [3.05, 3.63) is 60.2 Å². The molecule has 3 heteroatoms. The van der Waals surface area contributed by atoms with Gasteiger partial charge in [0.05, 0.1) is 5.25 Å². The van der Waals surface area contributed by atoms with Gasteiger partial charge in [-0.05, 0) is 43.0 Å². The molecule has 2 aromatic carbocycles. The number of para-hydroxylation sites is 1. The number of benzene rings is 2. The van der Waals surface area contributed by atoms with Crippen LogP contribution in [0.4, 0.5) is 5.69 Å². The quantitative estimate of drug-likeness (QED) is 0.731. The van der Waals surface area contributed by atoms with E-state index < -0.39 is 0 Å². The first-order chi connectivity index (χ1) is 10.6. The molecule has 2 rings (SSSR count). The SMILES string of the molecule is CC[C@H](C)c1ccccc1NC(=O)[C@@H](C)Sc1ccccc1. The number of thioether (sulfide) groups is 1. The van der Waals surface area contributed by atoms with Gasteiger partial charge in [-0.15, -0.1) is 11.8 Å². The average molecular weight is 313 g/mol. The van der Waals surface area contributed by atoms with Crippen LogP contribution in [0.15, 0.2) is 59.5 Å². The average Bonchev–Trinajstić information content (AvgIpc) is 2.55. The van der Waals surface area contributed by atoms with Crippen molar-refractivity contribution >= 4 is 23.4 Å². The molecular weight excluding hydrogens is 290 g/mol. The van der Waals surface area contributed by atoms with Gasteiger partial charge in [-0.1, -0.05) is 50.2 Å². The molecule has 0 aromatic heterocycles. The summed E-state index contributed by atoms with van der Waals surface area (Å²) in [6, 6.07) is 18.1. The maximum absolute atomic E-state index is 12.4. The topological polar surface area (TPSA) is 29.1 Å². The van der Waals surface area contributed by atoms with E-state index in [1.807, 2.05) is 55.5 Å². The Kier molecular flexibility index (Phi) is 6.08. The highest BCUT2D eigenvalue weighted by molar-refractivity contribution is 8.00.